The summed E-state index contributed by atoms with van der Waals surface area (Å²) < 4.78 is 0. The van der Waals surface area contributed by atoms with Crippen molar-refractivity contribution in [3.05, 3.63) is 47.5 Å². The molecule has 0 bridgehead atoms. The molecule has 8 heteroatoms. The van der Waals surface area contributed by atoms with Crippen LogP contribution in [0.1, 0.15) is 6.42 Å². The number of fused-ring (bicyclic) bond motifs is 2. The zero-order valence-corrected chi connectivity index (χ0v) is 15.1. The first-order valence-corrected chi connectivity index (χ1v) is 8.97. The molecule has 0 atom stereocenters. The van der Waals surface area contributed by atoms with Crippen LogP contribution in [0.3, 0.4) is 0 Å². The van der Waals surface area contributed by atoms with E-state index < -0.39 is 0 Å². The van der Waals surface area contributed by atoms with Gasteiger partial charge in [-0.2, -0.15) is 4.99 Å². The lowest BCUT2D eigenvalue weighted by Gasteiger charge is -2.32. The van der Waals surface area contributed by atoms with Gasteiger partial charge >= 0.3 is 0 Å². The number of rotatable bonds is 4. The van der Waals surface area contributed by atoms with Crippen molar-refractivity contribution in [2.75, 3.05) is 18.0 Å². The van der Waals surface area contributed by atoms with Gasteiger partial charge in [0.25, 0.3) is 0 Å². The van der Waals surface area contributed by atoms with Crippen molar-refractivity contribution in [2.24, 2.45) is 27.2 Å². The molecule has 2 aromatic carbocycles. The van der Waals surface area contributed by atoms with E-state index in [-0.39, 0.29) is 11.9 Å². The first-order valence-electron chi connectivity index (χ1n) is 7.78. The van der Waals surface area contributed by atoms with E-state index in [9.17, 15) is 0 Å². The minimum Gasteiger partial charge on any atom is -0.370 e. The first kappa shape index (κ1) is 17.4. The molecule has 130 valence electrons. The molecule has 0 spiro atoms. The van der Waals surface area contributed by atoms with Gasteiger partial charge < -0.3 is 22.1 Å². The highest BCUT2D eigenvalue weighted by Gasteiger charge is 2.22. The van der Waals surface area contributed by atoms with E-state index in [1.165, 1.54) is 15.5 Å². The molecule has 0 saturated carbocycles. The lowest BCUT2D eigenvalue weighted by Crippen LogP contribution is -2.26. The van der Waals surface area contributed by atoms with Crippen LogP contribution in [0, 0.1) is 0 Å². The van der Waals surface area contributed by atoms with Crippen molar-refractivity contribution in [2.45, 2.75) is 16.2 Å². The van der Waals surface area contributed by atoms with Gasteiger partial charge in [-0.15, -0.1) is 0 Å². The van der Waals surface area contributed by atoms with E-state index in [2.05, 4.69) is 33.1 Å². The van der Waals surface area contributed by atoms with E-state index >= 15 is 0 Å². The second-order valence-corrected chi connectivity index (χ2v) is 6.98. The smallest absolute Gasteiger partial charge is 0.218 e. The highest BCUT2D eigenvalue weighted by molar-refractivity contribution is 7.99. The van der Waals surface area contributed by atoms with Gasteiger partial charge in [0, 0.05) is 27.9 Å². The second-order valence-electron chi connectivity index (χ2n) is 5.46. The molecule has 0 saturated heterocycles. The number of anilines is 2. The van der Waals surface area contributed by atoms with Gasteiger partial charge in [0.1, 0.15) is 0 Å². The van der Waals surface area contributed by atoms with Gasteiger partial charge in [-0.25, -0.2) is 0 Å². The Morgan fingerprint density at radius 2 is 1.80 bits per heavy atom. The number of hydrogen-bond donors (Lipinski definition) is 3. The molecule has 0 amide bonds. The quantitative estimate of drug-likeness (QED) is 0.433. The molecule has 1 aliphatic rings. The molecule has 0 aromatic heterocycles. The normalized spacial score (nSPS) is 13.2. The number of para-hydroxylation sites is 1. The van der Waals surface area contributed by atoms with Crippen molar-refractivity contribution in [3.8, 4) is 0 Å². The van der Waals surface area contributed by atoms with Crippen molar-refractivity contribution >= 4 is 46.7 Å². The third-order valence-corrected chi connectivity index (χ3v) is 5.01. The van der Waals surface area contributed by atoms with Crippen LogP contribution in [0.4, 0.5) is 11.4 Å². The van der Waals surface area contributed by atoms with Gasteiger partial charge in [0.05, 0.1) is 11.4 Å². The standard InChI is InChI=1S/C17H19ClN6S/c18-11-6-7-15-13(10-11)24(12-4-1-2-5-14(12)25-15)9-3-8-22-17(21)23-16(19)20/h1-2,4-7,10H,3,8-9H2,(H6,19,20,21,22,23). The maximum atomic E-state index is 6.21. The summed E-state index contributed by atoms with van der Waals surface area (Å²) in [4.78, 5) is 12.6. The Bertz CT molecular complexity index is 832. The molecule has 6 N–H and O–H groups in total. The van der Waals surface area contributed by atoms with E-state index in [4.69, 9.17) is 28.8 Å². The predicted molar refractivity (Wildman–Crippen MR) is 106 cm³/mol. The molecule has 0 radical (unpaired) electrons. The molecule has 0 fully saturated rings. The van der Waals surface area contributed by atoms with Crippen LogP contribution in [0.5, 0.6) is 0 Å². The molecule has 1 aliphatic heterocycles. The fourth-order valence-corrected chi connectivity index (χ4v) is 3.88. The van der Waals surface area contributed by atoms with Gasteiger partial charge in [0.15, 0.2) is 5.96 Å². The number of nitrogens with two attached hydrogens (primary N) is 3. The van der Waals surface area contributed by atoms with Crippen LogP contribution in [0.2, 0.25) is 5.02 Å². The van der Waals surface area contributed by atoms with E-state index in [0.29, 0.717) is 6.54 Å². The number of guanidine groups is 2. The molecule has 0 aliphatic carbocycles. The zero-order chi connectivity index (χ0) is 17.8. The number of aliphatic imine (C=N–C) groups is 2. The maximum Gasteiger partial charge on any atom is 0.218 e. The van der Waals surface area contributed by atoms with Crippen LogP contribution < -0.4 is 22.1 Å². The molecule has 2 aromatic rings. The van der Waals surface area contributed by atoms with E-state index in [1.54, 1.807) is 11.8 Å². The molecule has 6 nitrogen and oxygen atoms in total. The lowest BCUT2D eigenvalue weighted by molar-refractivity contribution is 0.806. The number of hydrogen-bond acceptors (Lipinski definition) is 3. The zero-order valence-electron chi connectivity index (χ0n) is 13.5. The average molecular weight is 375 g/mol. The molecule has 1 heterocycles. The Labute approximate surface area is 155 Å². The maximum absolute atomic E-state index is 6.21. The number of halogens is 1. The molecule has 3 rings (SSSR count). The van der Waals surface area contributed by atoms with Gasteiger partial charge in [0.2, 0.25) is 5.96 Å². The van der Waals surface area contributed by atoms with E-state index in [0.717, 1.165) is 23.7 Å². The van der Waals surface area contributed by atoms with Crippen LogP contribution in [-0.4, -0.2) is 25.0 Å². The highest BCUT2D eigenvalue weighted by Crippen LogP contribution is 2.48. The fraction of sp³-hybridized carbons (Fsp3) is 0.176. The first-order chi connectivity index (χ1) is 12.0. The second kappa shape index (κ2) is 7.67. The minimum atomic E-state index is -0.0909. The fourth-order valence-electron chi connectivity index (χ4n) is 2.63. The molecule has 0 unspecified atom stereocenters. The van der Waals surface area contributed by atoms with Gasteiger partial charge in [-0.1, -0.05) is 35.5 Å². The van der Waals surface area contributed by atoms with Gasteiger partial charge in [-0.3, -0.25) is 4.99 Å². The van der Waals surface area contributed by atoms with Crippen molar-refractivity contribution in [3.63, 3.8) is 0 Å². The predicted octanol–water partition coefficient (Wildman–Crippen LogP) is 2.92. The summed E-state index contributed by atoms with van der Waals surface area (Å²) in [6.45, 7) is 1.31. The third-order valence-electron chi connectivity index (χ3n) is 3.65. The SMILES string of the molecule is NC(N)=NC(N)=NCCCN1c2ccccc2Sc2ccc(Cl)cc21. The lowest BCUT2D eigenvalue weighted by atomic mass is 10.2. The highest BCUT2D eigenvalue weighted by atomic mass is 35.5. The largest absolute Gasteiger partial charge is 0.370 e. The monoisotopic (exact) mass is 374 g/mol. The van der Waals surface area contributed by atoms with Crippen LogP contribution >= 0.6 is 23.4 Å². The van der Waals surface area contributed by atoms with Crippen LogP contribution in [-0.2, 0) is 0 Å². The van der Waals surface area contributed by atoms with Crippen LogP contribution in [0.25, 0.3) is 0 Å². The van der Waals surface area contributed by atoms with Gasteiger partial charge in [-0.05, 0) is 36.8 Å². The summed E-state index contributed by atoms with van der Waals surface area (Å²) in [6.07, 6.45) is 0.797. The summed E-state index contributed by atoms with van der Waals surface area (Å²) in [6, 6.07) is 14.3. The topological polar surface area (TPSA) is 106 Å². The Balaban J connectivity index is 1.79. The summed E-state index contributed by atoms with van der Waals surface area (Å²) in [5.41, 5.74) is 18.5. The Morgan fingerprint density at radius 1 is 1.04 bits per heavy atom. The Hall–Kier alpha value is -2.38. The summed E-state index contributed by atoms with van der Waals surface area (Å²) >= 11 is 7.96. The molecular weight excluding hydrogens is 356 g/mol. The summed E-state index contributed by atoms with van der Waals surface area (Å²) in [5.74, 6) is 0.00449. The van der Waals surface area contributed by atoms with Crippen molar-refractivity contribution < 1.29 is 0 Å². The third kappa shape index (κ3) is 4.18. The Kier molecular flexibility index (Phi) is 5.35. The van der Waals surface area contributed by atoms with Crippen molar-refractivity contribution in [1.82, 2.24) is 0 Å². The Morgan fingerprint density at radius 3 is 2.60 bits per heavy atom. The summed E-state index contributed by atoms with van der Waals surface area (Å²) in [5, 5.41) is 0.721. The number of nitrogens with zero attached hydrogens (tertiary/aromatic N) is 3. The van der Waals surface area contributed by atoms with Crippen molar-refractivity contribution in [1.29, 1.82) is 0 Å². The van der Waals surface area contributed by atoms with Crippen LogP contribution in [0.15, 0.2) is 62.2 Å². The molecule has 25 heavy (non-hydrogen) atoms. The summed E-state index contributed by atoms with van der Waals surface area (Å²) in [7, 11) is 0. The minimum absolute atomic E-state index is 0.0909. The number of benzene rings is 2. The average Bonchev–Trinajstić information content (AvgIpc) is 2.57. The molecular formula is C17H19ClN6S. The van der Waals surface area contributed by atoms with E-state index in [1.807, 2.05) is 24.3 Å².